The van der Waals surface area contributed by atoms with Crippen molar-refractivity contribution in [2.45, 2.75) is 38.5 Å². The Balaban J connectivity index is 2.88. The van der Waals surface area contributed by atoms with Gasteiger partial charge in [0.25, 0.3) is 0 Å². The maximum Gasteiger partial charge on any atom is 0.416 e. The van der Waals surface area contributed by atoms with Crippen molar-refractivity contribution in [3.8, 4) is 0 Å². The van der Waals surface area contributed by atoms with E-state index >= 15 is 0 Å². The van der Waals surface area contributed by atoms with E-state index in [1.54, 1.807) is 19.9 Å². The van der Waals surface area contributed by atoms with Gasteiger partial charge in [-0.1, -0.05) is 19.1 Å². The highest BCUT2D eigenvalue weighted by molar-refractivity contribution is 5.73. The zero-order chi connectivity index (χ0) is 14.6. The van der Waals surface area contributed by atoms with E-state index in [0.717, 1.165) is 12.1 Å². The van der Waals surface area contributed by atoms with Gasteiger partial charge in [-0.15, -0.1) is 0 Å². The summed E-state index contributed by atoms with van der Waals surface area (Å²) in [6, 6.07) is 3.64. The number of carboxylic acid groups (broad SMARTS) is 1. The van der Waals surface area contributed by atoms with Crippen molar-refractivity contribution < 1.29 is 23.1 Å². The largest absolute Gasteiger partial charge is 0.480 e. The summed E-state index contributed by atoms with van der Waals surface area (Å²) in [5, 5.41) is 11.7. The van der Waals surface area contributed by atoms with Gasteiger partial charge in [0.15, 0.2) is 0 Å². The van der Waals surface area contributed by atoms with Gasteiger partial charge in [-0.3, -0.25) is 10.1 Å². The summed E-state index contributed by atoms with van der Waals surface area (Å²) in [5.41, 5.74) is -0.323. The maximum atomic E-state index is 12.6. The molecule has 19 heavy (non-hydrogen) atoms. The van der Waals surface area contributed by atoms with Crippen LogP contribution < -0.4 is 5.32 Å². The van der Waals surface area contributed by atoms with E-state index in [1.165, 1.54) is 6.07 Å². The summed E-state index contributed by atoms with van der Waals surface area (Å²) >= 11 is 0. The standard InChI is InChI=1S/C13H16F3NO2/c1-3-11(12(18)19)17-8(2)9-5-4-6-10(7-9)13(14,15)16/h4-8,11,17H,3H2,1-2H3,(H,18,19). The number of alkyl halides is 3. The first-order valence-electron chi connectivity index (χ1n) is 5.91. The number of hydrogen-bond donors (Lipinski definition) is 2. The number of aliphatic carboxylic acids is 1. The maximum absolute atomic E-state index is 12.6. The quantitative estimate of drug-likeness (QED) is 0.867. The summed E-state index contributed by atoms with van der Waals surface area (Å²) in [6.07, 6.45) is -4.04. The van der Waals surface area contributed by atoms with Gasteiger partial charge in [0.2, 0.25) is 0 Å². The molecule has 0 radical (unpaired) electrons. The van der Waals surface area contributed by atoms with Crippen molar-refractivity contribution in [3.05, 3.63) is 35.4 Å². The third kappa shape index (κ3) is 4.24. The molecule has 1 rings (SSSR count). The van der Waals surface area contributed by atoms with Crippen molar-refractivity contribution in [2.24, 2.45) is 0 Å². The summed E-state index contributed by atoms with van der Waals surface area (Å²) < 4.78 is 37.7. The number of benzene rings is 1. The molecule has 2 unspecified atom stereocenters. The van der Waals surface area contributed by atoms with Crippen molar-refractivity contribution in [2.75, 3.05) is 0 Å². The lowest BCUT2D eigenvalue weighted by Gasteiger charge is -2.20. The molecule has 106 valence electrons. The van der Waals surface area contributed by atoms with Crippen molar-refractivity contribution in [3.63, 3.8) is 0 Å². The normalized spacial score (nSPS) is 15.0. The molecular weight excluding hydrogens is 259 g/mol. The van der Waals surface area contributed by atoms with Crippen LogP contribution in [-0.4, -0.2) is 17.1 Å². The van der Waals surface area contributed by atoms with Gasteiger partial charge >= 0.3 is 12.1 Å². The Labute approximate surface area is 109 Å². The monoisotopic (exact) mass is 275 g/mol. The van der Waals surface area contributed by atoms with Gasteiger partial charge in [0.05, 0.1) is 5.56 Å². The number of carbonyl (C=O) groups is 1. The third-order valence-electron chi connectivity index (χ3n) is 2.87. The average molecular weight is 275 g/mol. The molecule has 0 spiro atoms. The fourth-order valence-electron chi connectivity index (χ4n) is 1.75. The number of nitrogens with one attached hydrogen (secondary N) is 1. The van der Waals surface area contributed by atoms with Crippen LogP contribution in [0.25, 0.3) is 0 Å². The molecule has 1 aromatic carbocycles. The van der Waals surface area contributed by atoms with Gasteiger partial charge in [0.1, 0.15) is 6.04 Å². The van der Waals surface area contributed by atoms with E-state index in [0.29, 0.717) is 12.0 Å². The molecule has 3 nitrogen and oxygen atoms in total. The highest BCUT2D eigenvalue weighted by Crippen LogP contribution is 2.30. The Morgan fingerprint density at radius 3 is 2.53 bits per heavy atom. The SMILES string of the molecule is CCC(NC(C)c1cccc(C(F)(F)F)c1)C(=O)O. The molecule has 0 aliphatic carbocycles. The molecular formula is C13H16F3NO2. The van der Waals surface area contributed by atoms with Crippen LogP contribution >= 0.6 is 0 Å². The molecule has 0 amide bonds. The van der Waals surface area contributed by atoms with Crippen LogP contribution in [0, 0.1) is 0 Å². The average Bonchev–Trinajstić information content (AvgIpc) is 2.34. The zero-order valence-electron chi connectivity index (χ0n) is 10.7. The molecule has 0 saturated heterocycles. The highest BCUT2D eigenvalue weighted by atomic mass is 19.4. The summed E-state index contributed by atoms with van der Waals surface area (Å²) in [6.45, 7) is 3.34. The van der Waals surface area contributed by atoms with Crippen LogP contribution in [-0.2, 0) is 11.0 Å². The van der Waals surface area contributed by atoms with Crippen molar-refractivity contribution >= 4 is 5.97 Å². The smallest absolute Gasteiger partial charge is 0.416 e. The first kappa shape index (κ1) is 15.5. The van der Waals surface area contributed by atoms with Crippen LogP contribution in [0.5, 0.6) is 0 Å². The molecule has 0 aliphatic heterocycles. The van der Waals surface area contributed by atoms with E-state index in [-0.39, 0.29) is 0 Å². The van der Waals surface area contributed by atoms with E-state index in [1.807, 2.05) is 0 Å². The Hall–Kier alpha value is -1.56. The highest BCUT2D eigenvalue weighted by Gasteiger charge is 2.30. The fraction of sp³-hybridized carbons (Fsp3) is 0.462. The van der Waals surface area contributed by atoms with Crippen LogP contribution in [0.3, 0.4) is 0 Å². The Kier molecular flexibility index (Phi) is 4.94. The minimum absolute atomic E-state index is 0.360. The predicted molar refractivity (Wildman–Crippen MR) is 64.7 cm³/mol. The topological polar surface area (TPSA) is 49.3 Å². The zero-order valence-corrected chi connectivity index (χ0v) is 10.7. The van der Waals surface area contributed by atoms with Gasteiger partial charge < -0.3 is 5.11 Å². The second-order valence-corrected chi connectivity index (χ2v) is 4.31. The number of halogens is 3. The summed E-state index contributed by atoms with van der Waals surface area (Å²) in [5.74, 6) is -1.01. The van der Waals surface area contributed by atoms with E-state index < -0.39 is 29.8 Å². The second kappa shape index (κ2) is 6.06. The molecule has 0 saturated carbocycles. The van der Waals surface area contributed by atoms with Gasteiger partial charge in [0, 0.05) is 6.04 Å². The number of rotatable bonds is 5. The first-order valence-corrected chi connectivity index (χ1v) is 5.91. The van der Waals surface area contributed by atoms with Gasteiger partial charge in [-0.25, -0.2) is 0 Å². The molecule has 0 aliphatic rings. The molecule has 0 bridgehead atoms. The van der Waals surface area contributed by atoms with Crippen LogP contribution in [0.2, 0.25) is 0 Å². The Bertz CT molecular complexity index is 446. The molecule has 0 heterocycles. The van der Waals surface area contributed by atoms with E-state index in [2.05, 4.69) is 5.32 Å². The Morgan fingerprint density at radius 2 is 2.05 bits per heavy atom. The second-order valence-electron chi connectivity index (χ2n) is 4.31. The number of hydrogen-bond acceptors (Lipinski definition) is 2. The lowest BCUT2D eigenvalue weighted by atomic mass is 10.0. The number of carboxylic acids is 1. The van der Waals surface area contributed by atoms with Crippen molar-refractivity contribution in [1.29, 1.82) is 0 Å². The lowest BCUT2D eigenvalue weighted by molar-refractivity contribution is -0.140. The van der Waals surface area contributed by atoms with Gasteiger partial charge in [-0.05, 0) is 31.0 Å². The van der Waals surface area contributed by atoms with E-state index in [4.69, 9.17) is 5.11 Å². The molecule has 6 heteroatoms. The van der Waals surface area contributed by atoms with Gasteiger partial charge in [-0.2, -0.15) is 13.2 Å². The predicted octanol–water partition coefficient (Wildman–Crippen LogP) is 3.22. The molecule has 2 N–H and O–H groups in total. The fourth-order valence-corrected chi connectivity index (χ4v) is 1.75. The van der Waals surface area contributed by atoms with Crippen LogP contribution in [0.15, 0.2) is 24.3 Å². The van der Waals surface area contributed by atoms with Crippen LogP contribution in [0.4, 0.5) is 13.2 Å². The Morgan fingerprint density at radius 1 is 1.42 bits per heavy atom. The minimum atomic E-state index is -4.40. The molecule has 0 fully saturated rings. The first-order chi connectivity index (χ1) is 8.75. The molecule has 1 aromatic rings. The van der Waals surface area contributed by atoms with E-state index in [9.17, 15) is 18.0 Å². The summed E-state index contributed by atoms with van der Waals surface area (Å²) in [7, 11) is 0. The van der Waals surface area contributed by atoms with Crippen LogP contribution in [0.1, 0.15) is 37.4 Å². The van der Waals surface area contributed by atoms with Crippen molar-refractivity contribution in [1.82, 2.24) is 5.32 Å². The lowest BCUT2D eigenvalue weighted by Crippen LogP contribution is -2.37. The molecule has 0 aromatic heterocycles. The summed E-state index contributed by atoms with van der Waals surface area (Å²) in [4.78, 5) is 10.9. The molecule has 2 atom stereocenters. The minimum Gasteiger partial charge on any atom is -0.480 e. The third-order valence-corrected chi connectivity index (χ3v) is 2.87.